The largest absolute Gasteiger partial charge is 0.496 e. The number of likely N-dealkylation sites (tertiary alicyclic amines) is 1. The van der Waals surface area contributed by atoms with Gasteiger partial charge in [-0.25, -0.2) is 0 Å². The smallest absolute Gasteiger partial charge is 0.258 e. The third-order valence-corrected chi connectivity index (χ3v) is 4.73. The Bertz CT molecular complexity index is 685. The van der Waals surface area contributed by atoms with Crippen LogP contribution in [0.3, 0.4) is 0 Å². The van der Waals surface area contributed by atoms with Crippen LogP contribution in [-0.2, 0) is 0 Å². The lowest BCUT2D eigenvalue weighted by Crippen LogP contribution is -2.47. The van der Waals surface area contributed by atoms with E-state index >= 15 is 0 Å². The highest BCUT2D eigenvalue weighted by Gasteiger charge is 2.31. The van der Waals surface area contributed by atoms with Crippen LogP contribution in [0.25, 0.3) is 10.8 Å². The van der Waals surface area contributed by atoms with Crippen molar-refractivity contribution in [2.75, 3.05) is 7.11 Å². The molecule has 22 heavy (non-hydrogen) atoms. The number of carbonyl (C=O) groups is 1. The molecule has 0 saturated carbocycles. The van der Waals surface area contributed by atoms with Gasteiger partial charge in [-0.2, -0.15) is 0 Å². The van der Waals surface area contributed by atoms with Crippen molar-refractivity contribution in [1.29, 1.82) is 0 Å². The first-order valence-corrected chi connectivity index (χ1v) is 8.01. The lowest BCUT2D eigenvalue weighted by molar-refractivity contribution is 0.0508. The number of fused-ring (bicyclic) bond motifs is 1. The molecule has 1 aliphatic heterocycles. The van der Waals surface area contributed by atoms with Gasteiger partial charge in [0.25, 0.3) is 5.91 Å². The first-order chi connectivity index (χ1) is 10.6. The molecule has 0 aliphatic carbocycles. The zero-order valence-electron chi connectivity index (χ0n) is 13.5. The number of benzene rings is 2. The first kappa shape index (κ1) is 14.9. The van der Waals surface area contributed by atoms with Gasteiger partial charge in [-0.1, -0.05) is 24.3 Å². The molecule has 1 amide bonds. The molecule has 0 radical (unpaired) electrons. The molecule has 3 nitrogen and oxygen atoms in total. The lowest BCUT2D eigenvalue weighted by atomic mass is 9.95. The molecule has 0 N–H and O–H groups in total. The van der Waals surface area contributed by atoms with E-state index in [1.807, 2.05) is 41.3 Å². The number of piperidine rings is 1. The number of rotatable bonds is 2. The third-order valence-electron chi connectivity index (χ3n) is 4.73. The van der Waals surface area contributed by atoms with Crippen LogP contribution in [0.1, 0.15) is 43.5 Å². The minimum atomic E-state index is 0.0855. The summed E-state index contributed by atoms with van der Waals surface area (Å²) in [7, 11) is 1.63. The van der Waals surface area contributed by atoms with Crippen molar-refractivity contribution in [3.05, 3.63) is 42.0 Å². The summed E-state index contributed by atoms with van der Waals surface area (Å²) in [5, 5.41) is 2.17. The molecule has 3 heteroatoms. The van der Waals surface area contributed by atoms with E-state index in [0.29, 0.717) is 11.3 Å². The maximum Gasteiger partial charge on any atom is 0.258 e. The van der Waals surface area contributed by atoms with Crippen molar-refractivity contribution >= 4 is 16.7 Å². The summed E-state index contributed by atoms with van der Waals surface area (Å²) in [6.45, 7) is 4.28. The number of hydrogen-bond donors (Lipinski definition) is 0. The summed E-state index contributed by atoms with van der Waals surface area (Å²) in [6, 6.07) is 12.6. The molecule has 1 fully saturated rings. The van der Waals surface area contributed by atoms with Gasteiger partial charge in [-0.3, -0.25) is 4.79 Å². The molecule has 1 saturated heterocycles. The number of ether oxygens (including phenoxy) is 1. The zero-order valence-corrected chi connectivity index (χ0v) is 13.5. The SMILES string of the molecule is COc1cc2ccccc2cc1C(=O)N1[C@H](C)CCC[C@H]1C. The minimum absolute atomic E-state index is 0.0855. The predicted molar refractivity (Wildman–Crippen MR) is 89.4 cm³/mol. The van der Waals surface area contributed by atoms with E-state index in [1.54, 1.807) is 7.11 Å². The van der Waals surface area contributed by atoms with Gasteiger partial charge in [0.1, 0.15) is 5.75 Å². The van der Waals surface area contributed by atoms with Crippen LogP contribution < -0.4 is 4.74 Å². The molecule has 116 valence electrons. The Hall–Kier alpha value is -2.03. The summed E-state index contributed by atoms with van der Waals surface area (Å²) >= 11 is 0. The normalized spacial score (nSPS) is 21.9. The van der Waals surface area contributed by atoms with Gasteiger partial charge >= 0.3 is 0 Å². The third kappa shape index (κ3) is 2.56. The molecule has 2 aromatic carbocycles. The van der Waals surface area contributed by atoms with Crippen molar-refractivity contribution in [2.24, 2.45) is 0 Å². The molecular weight excluding hydrogens is 274 g/mol. The van der Waals surface area contributed by atoms with E-state index in [9.17, 15) is 4.79 Å². The van der Waals surface area contributed by atoms with E-state index < -0.39 is 0 Å². The molecule has 1 aliphatic rings. The second-order valence-electron chi connectivity index (χ2n) is 6.24. The second-order valence-corrected chi connectivity index (χ2v) is 6.24. The predicted octanol–water partition coefficient (Wildman–Crippen LogP) is 4.25. The Morgan fingerprint density at radius 2 is 1.68 bits per heavy atom. The maximum atomic E-state index is 13.1. The summed E-state index contributed by atoms with van der Waals surface area (Å²) < 4.78 is 5.49. The first-order valence-electron chi connectivity index (χ1n) is 8.01. The second kappa shape index (κ2) is 5.99. The fraction of sp³-hybridized carbons (Fsp3) is 0.421. The average molecular weight is 297 g/mol. The summed E-state index contributed by atoms with van der Waals surface area (Å²) in [5.41, 5.74) is 0.668. The van der Waals surface area contributed by atoms with Crippen molar-refractivity contribution in [1.82, 2.24) is 4.90 Å². The molecule has 2 aromatic rings. The maximum absolute atomic E-state index is 13.1. The molecule has 0 bridgehead atoms. The van der Waals surface area contributed by atoms with Crippen LogP contribution in [-0.4, -0.2) is 30.0 Å². The number of methoxy groups -OCH3 is 1. The fourth-order valence-electron chi connectivity index (χ4n) is 3.52. The molecule has 0 spiro atoms. The van der Waals surface area contributed by atoms with Crippen LogP contribution >= 0.6 is 0 Å². The average Bonchev–Trinajstić information content (AvgIpc) is 2.53. The zero-order chi connectivity index (χ0) is 15.7. The van der Waals surface area contributed by atoms with Crippen molar-refractivity contribution in [3.8, 4) is 5.75 Å². The summed E-state index contributed by atoms with van der Waals surface area (Å²) in [4.78, 5) is 15.1. The molecule has 0 unspecified atom stereocenters. The van der Waals surface area contributed by atoms with Crippen molar-refractivity contribution in [2.45, 2.75) is 45.2 Å². The number of carbonyl (C=O) groups excluding carboxylic acids is 1. The highest BCUT2D eigenvalue weighted by molar-refractivity contribution is 6.02. The van der Waals surface area contributed by atoms with E-state index in [2.05, 4.69) is 13.8 Å². The van der Waals surface area contributed by atoms with Crippen LogP contribution in [0, 0.1) is 0 Å². The van der Waals surface area contributed by atoms with Gasteiger partial charge in [0.15, 0.2) is 0 Å². The van der Waals surface area contributed by atoms with E-state index in [4.69, 9.17) is 4.74 Å². The quantitative estimate of drug-likeness (QED) is 0.829. The van der Waals surface area contributed by atoms with Crippen LogP contribution in [0.2, 0.25) is 0 Å². The molecule has 3 rings (SSSR count). The highest BCUT2D eigenvalue weighted by atomic mass is 16.5. The Labute approximate surface area is 131 Å². The van der Waals surface area contributed by atoms with Gasteiger partial charge < -0.3 is 9.64 Å². The molecule has 2 atom stereocenters. The van der Waals surface area contributed by atoms with Gasteiger partial charge in [-0.15, -0.1) is 0 Å². The van der Waals surface area contributed by atoms with Crippen LogP contribution in [0.4, 0.5) is 0 Å². The Morgan fingerprint density at radius 3 is 2.27 bits per heavy atom. The van der Waals surface area contributed by atoms with E-state index in [1.165, 1.54) is 6.42 Å². The summed E-state index contributed by atoms with van der Waals surface area (Å²) in [6.07, 6.45) is 3.35. The Kier molecular flexibility index (Phi) is 4.06. The van der Waals surface area contributed by atoms with Crippen molar-refractivity contribution in [3.63, 3.8) is 0 Å². The van der Waals surface area contributed by atoms with Crippen LogP contribution in [0.5, 0.6) is 5.75 Å². The van der Waals surface area contributed by atoms with Gasteiger partial charge in [-0.05, 0) is 56.0 Å². The standard InChI is InChI=1S/C19H23NO2/c1-13-7-6-8-14(2)20(13)19(21)17-11-15-9-4-5-10-16(15)12-18(17)22-3/h4-5,9-14H,6-8H2,1-3H3/t13-,14-/m1/s1. The topological polar surface area (TPSA) is 29.5 Å². The molecule has 1 heterocycles. The molecule has 0 aromatic heterocycles. The fourth-order valence-corrected chi connectivity index (χ4v) is 3.52. The van der Waals surface area contributed by atoms with Gasteiger partial charge in [0, 0.05) is 12.1 Å². The minimum Gasteiger partial charge on any atom is -0.496 e. The highest BCUT2D eigenvalue weighted by Crippen LogP contribution is 2.31. The number of nitrogens with zero attached hydrogens (tertiary/aromatic N) is 1. The van der Waals surface area contributed by atoms with E-state index in [0.717, 1.165) is 23.6 Å². The Balaban J connectivity index is 2.05. The van der Waals surface area contributed by atoms with Crippen molar-refractivity contribution < 1.29 is 9.53 Å². The summed E-state index contributed by atoms with van der Waals surface area (Å²) in [5.74, 6) is 0.746. The molecular formula is C19H23NO2. The van der Waals surface area contributed by atoms with Gasteiger partial charge in [0.2, 0.25) is 0 Å². The lowest BCUT2D eigenvalue weighted by Gasteiger charge is -2.39. The van der Waals surface area contributed by atoms with E-state index in [-0.39, 0.29) is 18.0 Å². The van der Waals surface area contributed by atoms with Gasteiger partial charge in [0.05, 0.1) is 12.7 Å². The monoisotopic (exact) mass is 297 g/mol. The van der Waals surface area contributed by atoms with Crippen LogP contribution in [0.15, 0.2) is 36.4 Å². The Morgan fingerprint density at radius 1 is 1.09 bits per heavy atom. The number of hydrogen-bond acceptors (Lipinski definition) is 2. The number of amides is 1.